The van der Waals surface area contributed by atoms with Crippen molar-refractivity contribution in [1.29, 1.82) is 0 Å². The predicted octanol–water partition coefficient (Wildman–Crippen LogP) is 3.27. The highest BCUT2D eigenvalue weighted by molar-refractivity contribution is 9.08. The normalized spacial score (nSPS) is 10.7. The third kappa shape index (κ3) is 2.63. The fourth-order valence-corrected chi connectivity index (χ4v) is 1.77. The maximum Gasteiger partial charge on any atom is 0.337 e. The summed E-state index contributed by atoms with van der Waals surface area (Å²) in [5, 5.41) is 8.72. The zero-order chi connectivity index (χ0) is 11.6. The van der Waals surface area contributed by atoms with E-state index < -0.39 is 18.1 Å². The van der Waals surface area contributed by atoms with E-state index in [1.54, 1.807) is 0 Å². The number of hydrogen-bond donors (Lipinski definition) is 1. The monoisotopic (exact) mass is 299 g/mol. The molecule has 1 N–H and O–H groups in total. The van der Waals surface area contributed by atoms with Crippen LogP contribution in [0.4, 0.5) is 8.78 Å². The molecule has 15 heavy (non-hydrogen) atoms. The summed E-state index contributed by atoms with van der Waals surface area (Å²) >= 11 is 8.65. The molecular weight excluding hydrogens is 295 g/mol. The van der Waals surface area contributed by atoms with Gasteiger partial charge in [0.15, 0.2) is 0 Å². The Kier molecular flexibility index (Phi) is 3.98. The molecule has 0 amide bonds. The van der Waals surface area contributed by atoms with Crippen LogP contribution in [0, 0.1) is 0 Å². The van der Waals surface area contributed by atoms with E-state index in [0.717, 1.165) is 6.07 Å². The molecule has 0 fully saturated rings. The molecule has 0 atom stereocenters. The Labute approximate surface area is 97.2 Å². The zero-order valence-corrected chi connectivity index (χ0v) is 9.52. The van der Waals surface area contributed by atoms with Gasteiger partial charge in [-0.3, -0.25) is 0 Å². The molecule has 0 aliphatic heterocycles. The Hall–Kier alpha value is -0.750. The molecule has 0 aliphatic rings. The number of pyridine rings is 1. The summed E-state index contributed by atoms with van der Waals surface area (Å²) in [6, 6.07) is 0.779. The molecule has 1 aromatic heterocycles. The van der Waals surface area contributed by atoms with E-state index in [2.05, 4.69) is 20.9 Å². The molecule has 0 saturated heterocycles. The second kappa shape index (κ2) is 4.85. The molecule has 7 heteroatoms. The van der Waals surface area contributed by atoms with Crippen molar-refractivity contribution in [2.45, 2.75) is 11.8 Å². The Morgan fingerprint density at radius 3 is 2.67 bits per heavy atom. The fourth-order valence-electron chi connectivity index (χ4n) is 0.960. The SMILES string of the molecule is O=C(O)c1cc(C(F)F)nc(CBr)c1Cl. The highest BCUT2D eigenvalue weighted by atomic mass is 79.9. The average molecular weight is 300 g/mol. The van der Waals surface area contributed by atoms with Gasteiger partial charge in [-0.15, -0.1) is 0 Å². The number of halogens is 4. The molecule has 1 heterocycles. The number of alkyl halides is 3. The smallest absolute Gasteiger partial charge is 0.337 e. The van der Waals surface area contributed by atoms with Crippen molar-refractivity contribution in [3.63, 3.8) is 0 Å². The standard InChI is InChI=1S/C8H5BrClF2NO2/c9-2-5-6(10)3(8(14)15)1-4(13-5)7(11)12/h1,7H,2H2,(H,14,15). The summed E-state index contributed by atoms with van der Waals surface area (Å²) in [4.78, 5) is 14.2. The van der Waals surface area contributed by atoms with Crippen molar-refractivity contribution < 1.29 is 18.7 Å². The maximum atomic E-state index is 12.3. The lowest BCUT2D eigenvalue weighted by Crippen LogP contribution is -2.05. The molecule has 0 aromatic carbocycles. The van der Waals surface area contributed by atoms with Crippen molar-refractivity contribution in [2.24, 2.45) is 0 Å². The van der Waals surface area contributed by atoms with Crippen LogP contribution in [0.5, 0.6) is 0 Å². The van der Waals surface area contributed by atoms with Crippen LogP contribution < -0.4 is 0 Å². The van der Waals surface area contributed by atoms with Crippen LogP contribution in [0.25, 0.3) is 0 Å². The van der Waals surface area contributed by atoms with E-state index in [4.69, 9.17) is 16.7 Å². The second-order valence-corrected chi connectivity index (χ2v) is 3.53. The van der Waals surface area contributed by atoms with Crippen molar-refractivity contribution in [1.82, 2.24) is 4.98 Å². The molecule has 0 radical (unpaired) electrons. The molecule has 1 aromatic rings. The Bertz CT molecular complexity index is 400. The highest BCUT2D eigenvalue weighted by Crippen LogP contribution is 2.26. The molecular formula is C8H5BrClF2NO2. The first-order valence-electron chi connectivity index (χ1n) is 3.74. The largest absolute Gasteiger partial charge is 0.478 e. The van der Waals surface area contributed by atoms with E-state index in [-0.39, 0.29) is 21.6 Å². The molecule has 0 aliphatic carbocycles. The van der Waals surface area contributed by atoms with Gasteiger partial charge in [0.1, 0.15) is 5.69 Å². The van der Waals surface area contributed by atoms with Crippen molar-refractivity contribution in [3.8, 4) is 0 Å². The molecule has 0 bridgehead atoms. The number of rotatable bonds is 3. The molecule has 3 nitrogen and oxygen atoms in total. The number of nitrogens with zero attached hydrogens (tertiary/aromatic N) is 1. The molecule has 82 valence electrons. The van der Waals surface area contributed by atoms with E-state index in [1.165, 1.54) is 0 Å². The summed E-state index contributed by atoms with van der Waals surface area (Å²) in [5.74, 6) is -1.36. The van der Waals surface area contributed by atoms with Gasteiger partial charge in [-0.1, -0.05) is 27.5 Å². The van der Waals surface area contributed by atoms with E-state index >= 15 is 0 Å². The van der Waals surface area contributed by atoms with Crippen LogP contribution >= 0.6 is 27.5 Å². The summed E-state index contributed by atoms with van der Waals surface area (Å²) in [7, 11) is 0. The minimum Gasteiger partial charge on any atom is -0.478 e. The van der Waals surface area contributed by atoms with Crippen LogP contribution in [0.1, 0.15) is 28.2 Å². The van der Waals surface area contributed by atoms with Gasteiger partial charge in [0.05, 0.1) is 16.3 Å². The molecule has 0 saturated carbocycles. The molecule has 0 spiro atoms. The fraction of sp³-hybridized carbons (Fsp3) is 0.250. The number of carbonyl (C=O) groups is 1. The number of aromatic carboxylic acids is 1. The Balaban J connectivity index is 3.38. The van der Waals surface area contributed by atoms with Gasteiger partial charge in [-0.05, 0) is 6.07 Å². The summed E-state index contributed by atoms with van der Waals surface area (Å²) in [6.07, 6.45) is -2.82. The van der Waals surface area contributed by atoms with Gasteiger partial charge >= 0.3 is 5.97 Å². The number of carboxylic acid groups (broad SMARTS) is 1. The van der Waals surface area contributed by atoms with Crippen LogP contribution in [-0.2, 0) is 5.33 Å². The highest BCUT2D eigenvalue weighted by Gasteiger charge is 2.19. The van der Waals surface area contributed by atoms with E-state index in [9.17, 15) is 13.6 Å². The van der Waals surface area contributed by atoms with Gasteiger partial charge in [-0.2, -0.15) is 0 Å². The maximum absolute atomic E-state index is 12.3. The van der Waals surface area contributed by atoms with Crippen LogP contribution in [0.15, 0.2) is 6.07 Å². The van der Waals surface area contributed by atoms with Gasteiger partial charge < -0.3 is 5.11 Å². The first-order chi connectivity index (χ1) is 6.97. The second-order valence-electron chi connectivity index (χ2n) is 2.59. The molecule has 0 unspecified atom stereocenters. The van der Waals surface area contributed by atoms with Crippen molar-refractivity contribution in [2.75, 3.05) is 0 Å². The third-order valence-corrected chi connectivity index (χ3v) is 2.58. The predicted molar refractivity (Wildman–Crippen MR) is 53.8 cm³/mol. The third-order valence-electron chi connectivity index (χ3n) is 1.63. The minimum atomic E-state index is -2.82. The van der Waals surface area contributed by atoms with Crippen LogP contribution in [-0.4, -0.2) is 16.1 Å². The van der Waals surface area contributed by atoms with Gasteiger partial charge in [0.25, 0.3) is 6.43 Å². The van der Waals surface area contributed by atoms with Gasteiger partial charge in [0.2, 0.25) is 0 Å². The first kappa shape index (κ1) is 12.3. The van der Waals surface area contributed by atoms with Crippen LogP contribution in [0.3, 0.4) is 0 Å². The van der Waals surface area contributed by atoms with Crippen molar-refractivity contribution >= 4 is 33.5 Å². The van der Waals surface area contributed by atoms with Crippen LogP contribution in [0.2, 0.25) is 5.02 Å². The lowest BCUT2D eigenvalue weighted by atomic mass is 10.2. The number of aromatic nitrogens is 1. The minimum absolute atomic E-state index is 0.0897. The first-order valence-corrected chi connectivity index (χ1v) is 5.24. The zero-order valence-electron chi connectivity index (χ0n) is 7.18. The Morgan fingerprint density at radius 1 is 1.67 bits per heavy atom. The topological polar surface area (TPSA) is 50.2 Å². The summed E-state index contributed by atoms with van der Waals surface area (Å²) < 4.78 is 24.7. The summed E-state index contributed by atoms with van der Waals surface area (Å²) in [6.45, 7) is 0. The lowest BCUT2D eigenvalue weighted by molar-refractivity contribution is 0.0696. The average Bonchev–Trinajstić information content (AvgIpc) is 2.17. The quantitative estimate of drug-likeness (QED) is 0.872. The van der Waals surface area contributed by atoms with Crippen molar-refractivity contribution in [3.05, 3.63) is 28.0 Å². The van der Waals surface area contributed by atoms with E-state index in [0.29, 0.717) is 0 Å². The number of carboxylic acids is 1. The summed E-state index contributed by atoms with van der Waals surface area (Å²) in [5.41, 5.74) is -0.866. The molecule has 1 rings (SSSR count). The van der Waals surface area contributed by atoms with Gasteiger partial charge in [-0.25, -0.2) is 18.6 Å². The lowest BCUT2D eigenvalue weighted by Gasteiger charge is -2.07. The van der Waals surface area contributed by atoms with Gasteiger partial charge in [0, 0.05) is 5.33 Å². The van der Waals surface area contributed by atoms with E-state index in [1.807, 2.05) is 0 Å². The Morgan fingerprint density at radius 2 is 2.27 bits per heavy atom. The number of hydrogen-bond acceptors (Lipinski definition) is 2.